The summed E-state index contributed by atoms with van der Waals surface area (Å²) in [5.41, 5.74) is 0. The minimum absolute atomic E-state index is 0.105. The molecule has 0 aromatic rings. The zero-order chi connectivity index (χ0) is 14.3. The van der Waals surface area contributed by atoms with Gasteiger partial charge >= 0.3 is 12.0 Å². The molecule has 0 aliphatic heterocycles. The summed E-state index contributed by atoms with van der Waals surface area (Å²) >= 11 is 0. The van der Waals surface area contributed by atoms with Gasteiger partial charge in [0.05, 0.1) is 12.5 Å². The number of rotatable bonds is 9. The molecule has 0 bridgehead atoms. The Morgan fingerprint density at radius 1 is 1.32 bits per heavy atom. The van der Waals surface area contributed by atoms with Crippen molar-refractivity contribution >= 4 is 12.0 Å². The Bertz CT molecular complexity index is 305. The highest BCUT2D eigenvalue weighted by atomic mass is 16.5. The van der Waals surface area contributed by atoms with E-state index < -0.39 is 12.1 Å². The average molecular weight is 272 g/mol. The number of urea groups is 1. The van der Waals surface area contributed by atoms with E-state index in [9.17, 15) is 9.59 Å². The molecule has 2 amide bonds. The van der Waals surface area contributed by atoms with Gasteiger partial charge in [-0.1, -0.05) is 6.92 Å². The number of hydrogen-bond acceptors (Lipinski definition) is 3. The molecule has 0 heterocycles. The Balaban J connectivity index is 2.16. The second-order valence-electron chi connectivity index (χ2n) is 5.08. The Labute approximate surface area is 113 Å². The number of carboxylic acids is 1. The molecule has 2 unspecified atom stereocenters. The lowest BCUT2D eigenvalue weighted by atomic mass is 10.1. The molecule has 1 fully saturated rings. The topological polar surface area (TPSA) is 87.7 Å². The van der Waals surface area contributed by atoms with Crippen molar-refractivity contribution in [3.05, 3.63) is 0 Å². The van der Waals surface area contributed by atoms with Crippen LogP contribution in [0.5, 0.6) is 0 Å². The van der Waals surface area contributed by atoms with E-state index in [-0.39, 0.29) is 19.0 Å². The van der Waals surface area contributed by atoms with E-state index >= 15 is 0 Å². The Morgan fingerprint density at radius 2 is 1.95 bits per heavy atom. The van der Waals surface area contributed by atoms with Crippen LogP contribution in [0.4, 0.5) is 4.79 Å². The second kappa shape index (κ2) is 7.99. The molecule has 6 heteroatoms. The van der Waals surface area contributed by atoms with Crippen molar-refractivity contribution in [3.8, 4) is 0 Å². The number of carboxylic acid groups (broad SMARTS) is 1. The van der Waals surface area contributed by atoms with Crippen LogP contribution in [0, 0.1) is 11.8 Å². The van der Waals surface area contributed by atoms with Crippen molar-refractivity contribution in [2.45, 2.75) is 39.2 Å². The van der Waals surface area contributed by atoms with Gasteiger partial charge in [-0.05, 0) is 31.6 Å². The summed E-state index contributed by atoms with van der Waals surface area (Å²) in [4.78, 5) is 22.2. The highest BCUT2D eigenvalue weighted by molar-refractivity contribution is 5.74. The van der Waals surface area contributed by atoms with Crippen LogP contribution < -0.4 is 10.6 Å². The largest absolute Gasteiger partial charge is 0.481 e. The van der Waals surface area contributed by atoms with Crippen LogP contribution in [0.3, 0.4) is 0 Å². The van der Waals surface area contributed by atoms with Crippen LogP contribution in [0.25, 0.3) is 0 Å². The van der Waals surface area contributed by atoms with Gasteiger partial charge in [-0.25, -0.2) is 4.79 Å². The predicted molar refractivity (Wildman–Crippen MR) is 71.0 cm³/mol. The van der Waals surface area contributed by atoms with Gasteiger partial charge in [0.15, 0.2) is 0 Å². The number of nitrogens with one attached hydrogen (secondary N) is 2. The van der Waals surface area contributed by atoms with E-state index in [2.05, 4.69) is 17.6 Å². The molecular weight excluding hydrogens is 248 g/mol. The highest BCUT2D eigenvalue weighted by Gasteiger charge is 2.27. The molecule has 0 radical (unpaired) electrons. The molecule has 0 saturated heterocycles. The van der Waals surface area contributed by atoms with Crippen LogP contribution in [-0.2, 0) is 9.53 Å². The van der Waals surface area contributed by atoms with Gasteiger partial charge in [0.2, 0.25) is 0 Å². The molecule has 0 spiro atoms. The quantitative estimate of drug-likeness (QED) is 0.589. The standard InChI is InChI=1S/C13H24N2O4/c1-3-19-11(6-12(16)17)8-15-13(18)14-7-9(2)10-4-5-10/h9-11H,3-8H2,1-2H3,(H,16,17)(H2,14,15,18). The number of carbonyl (C=O) groups is 2. The van der Waals surface area contributed by atoms with Crippen LogP contribution in [-0.4, -0.2) is 42.9 Å². The summed E-state index contributed by atoms with van der Waals surface area (Å²) in [6, 6.07) is -0.261. The fourth-order valence-electron chi connectivity index (χ4n) is 1.98. The maximum Gasteiger partial charge on any atom is 0.314 e. The Morgan fingerprint density at radius 3 is 2.47 bits per heavy atom. The van der Waals surface area contributed by atoms with E-state index in [0.29, 0.717) is 19.1 Å². The summed E-state index contributed by atoms with van der Waals surface area (Å²) < 4.78 is 5.25. The number of hydrogen-bond donors (Lipinski definition) is 3. The summed E-state index contributed by atoms with van der Waals surface area (Å²) in [7, 11) is 0. The molecule has 2 atom stereocenters. The molecule has 1 aliphatic carbocycles. The zero-order valence-corrected chi connectivity index (χ0v) is 11.6. The summed E-state index contributed by atoms with van der Waals surface area (Å²) in [6.45, 7) is 5.23. The number of aliphatic carboxylic acids is 1. The first-order valence-corrected chi connectivity index (χ1v) is 6.88. The SMILES string of the molecule is CCOC(CNC(=O)NCC(C)C1CC1)CC(=O)O. The van der Waals surface area contributed by atoms with Crippen molar-refractivity contribution in [1.29, 1.82) is 0 Å². The van der Waals surface area contributed by atoms with Gasteiger partial charge in [0.25, 0.3) is 0 Å². The molecular formula is C13H24N2O4. The molecule has 6 nitrogen and oxygen atoms in total. The average Bonchev–Trinajstić information content (AvgIpc) is 3.16. The molecule has 1 rings (SSSR count). The summed E-state index contributed by atoms with van der Waals surface area (Å²) in [5, 5.41) is 14.2. The maximum absolute atomic E-state index is 11.6. The summed E-state index contributed by atoms with van der Waals surface area (Å²) in [5.74, 6) is 0.332. The van der Waals surface area contributed by atoms with Crippen LogP contribution in [0.15, 0.2) is 0 Å². The van der Waals surface area contributed by atoms with Crippen molar-refractivity contribution in [1.82, 2.24) is 10.6 Å². The van der Waals surface area contributed by atoms with E-state index in [1.807, 2.05) is 0 Å². The van der Waals surface area contributed by atoms with Crippen molar-refractivity contribution in [2.24, 2.45) is 11.8 Å². The van der Waals surface area contributed by atoms with E-state index in [1.54, 1.807) is 6.92 Å². The van der Waals surface area contributed by atoms with Crippen LogP contribution in [0.2, 0.25) is 0 Å². The van der Waals surface area contributed by atoms with Gasteiger partial charge < -0.3 is 20.5 Å². The smallest absolute Gasteiger partial charge is 0.314 e. The fraction of sp³-hybridized carbons (Fsp3) is 0.846. The second-order valence-corrected chi connectivity index (χ2v) is 5.08. The fourth-order valence-corrected chi connectivity index (χ4v) is 1.98. The molecule has 3 N–H and O–H groups in total. The third kappa shape index (κ3) is 7.00. The normalized spacial score (nSPS) is 17.6. The lowest BCUT2D eigenvalue weighted by molar-refractivity contribution is -0.140. The Hall–Kier alpha value is -1.30. The van der Waals surface area contributed by atoms with Crippen LogP contribution in [0.1, 0.15) is 33.1 Å². The predicted octanol–water partition coefficient (Wildman–Crippen LogP) is 1.21. The zero-order valence-electron chi connectivity index (χ0n) is 11.6. The van der Waals surface area contributed by atoms with Crippen molar-refractivity contribution < 1.29 is 19.4 Å². The molecule has 19 heavy (non-hydrogen) atoms. The van der Waals surface area contributed by atoms with Gasteiger partial charge in [-0.15, -0.1) is 0 Å². The Kier molecular flexibility index (Phi) is 6.62. The molecule has 110 valence electrons. The number of carbonyl (C=O) groups excluding carboxylic acids is 1. The lowest BCUT2D eigenvalue weighted by Crippen LogP contribution is -2.42. The van der Waals surface area contributed by atoms with Crippen molar-refractivity contribution in [2.75, 3.05) is 19.7 Å². The first-order valence-electron chi connectivity index (χ1n) is 6.88. The summed E-state index contributed by atoms with van der Waals surface area (Å²) in [6.07, 6.45) is 1.94. The molecule has 1 saturated carbocycles. The van der Waals surface area contributed by atoms with Crippen LogP contribution >= 0.6 is 0 Å². The van der Waals surface area contributed by atoms with Gasteiger partial charge in [0, 0.05) is 19.7 Å². The maximum atomic E-state index is 11.6. The minimum Gasteiger partial charge on any atom is -0.481 e. The number of amides is 2. The number of ether oxygens (including phenoxy) is 1. The minimum atomic E-state index is -0.928. The first-order chi connectivity index (χ1) is 9.02. The highest BCUT2D eigenvalue weighted by Crippen LogP contribution is 2.35. The monoisotopic (exact) mass is 272 g/mol. The third-order valence-electron chi connectivity index (χ3n) is 3.31. The lowest BCUT2D eigenvalue weighted by Gasteiger charge is -2.17. The molecule has 0 aromatic carbocycles. The van der Waals surface area contributed by atoms with E-state index in [4.69, 9.17) is 9.84 Å². The molecule has 1 aliphatic rings. The molecule has 0 aromatic heterocycles. The van der Waals surface area contributed by atoms with Gasteiger partial charge in [-0.2, -0.15) is 0 Å². The van der Waals surface area contributed by atoms with Gasteiger partial charge in [0.1, 0.15) is 0 Å². The van der Waals surface area contributed by atoms with E-state index in [0.717, 1.165) is 5.92 Å². The van der Waals surface area contributed by atoms with Gasteiger partial charge in [-0.3, -0.25) is 4.79 Å². The van der Waals surface area contributed by atoms with E-state index in [1.165, 1.54) is 12.8 Å². The first kappa shape index (κ1) is 15.8. The van der Waals surface area contributed by atoms with Crippen molar-refractivity contribution in [3.63, 3.8) is 0 Å². The third-order valence-corrected chi connectivity index (χ3v) is 3.31.